The molecule has 180 valence electrons. The van der Waals surface area contributed by atoms with Crippen LogP contribution in [0.3, 0.4) is 0 Å². The number of amides is 2. The fraction of sp³-hybridized carbons (Fsp3) is 0.286. The number of anilines is 1. The highest BCUT2D eigenvalue weighted by molar-refractivity contribution is 7.99. The molecule has 0 aliphatic carbocycles. The molecule has 0 unspecified atom stereocenters. The predicted octanol–water partition coefficient (Wildman–Crippen LogP) is 3.37. The molecule has 0 aliphatic heterocycles. The largest absolute Gasteiger partial charge is 0.573 e. The fourth-order valence-electron chi connectivity index (χ4n) is 2.95. The van der Waals surface area contributed by atoms with E-state index in [1.807, 2.05) is 32.0 Å². The van der Waals surface area contributed by atoms with Crippen LogP contribution in [0.2, 0.25) is 0 Å². The molecule has 2 aromatic carbocycles. The van der Waals surface area contributed by atoms with Crippen molar-refractivity contribution in [3.63, 3.8) is 0 Å². The summed E-state index contributed by atoms with van der Waals surface area (Å²) in [6.07, 6.45) is -4.79. The van der Waals surface area contributed by atoms with Crippen LogP contribution in [0.25, 0.3) is 5.69 Å². The first-order chi connectivity index (χ1) is 16.0. The van der Waals surface area contributed by atoms with Crippen molar-refractivity contribution >= 4 is 29.3 Å². The maximum atomic E-state index is 12.5. The van der Waals surface area contributed by atoms with Gasteiger partial charge in [-0.3, -0.25) is 9.59 Å². The van der Waals surface area contributed by atoms with Crippen LogP contribution in [0.4, 0.5) is 18.9 Å². The lowest BCUT2D eigenvalue weighted by Gasteiger charge is -2.18. The molecule has 0 saturated heterocycles. The summed E-state index contributed by atoms with van der Waals surface area (Å²) in [5, 5.41) is 14.3. The summed E-state index contributed by atoms with van der Waals surface area (Å²) in [6.45, 7) is 3.63. The zero-order valence-electron chi connectivity index (χ0n) is 18.5. The average Bonchev–Trinajstić information content (AvgIpc) is 3.22. The van der Waals surface area contributed by atoms with Gasteiger partial charge in [0.05, 0.1) is 18.0 Å². The topological polar surface area (TPSA) is 102 Å². The highest BCUT2D eigenvalue weighted by atomic mass is 32.2. The van der Waals surface area contributed by atoms with E-state index in [4.69, 9.17) is 0 Å². The number of benzene rings is 2. The number of para-hydroxylation sites is 1. The number of carbonyl (C=O) groups is 2. The van der Waals surface area contributed by atoms with Crippen molar-refractivity contribution in [1.29, 1.82) is 0 Å². The van der Waals surface area contributed by atoms with Gasteiger partial charge in [0, 0.05) is 12.7 Å². The van der Waals surface area contributed by atoms with E-state index >= 15 is 0 Å². The van der Waals surface area contributed by atoms with Gasteiger partial charge < -0.3 is 15.0 Å². The number of nitrogens with zero attached hydrogens (tertiary/aromatic N) is 5. The molecule has 1 heterocycles. The third-order valence-electron chi connectivity index (χ3n) is 4.63. The van der Waals surface area contributed by atoms with Gasteiger partial charge in [-0.25, -0.2) is 0 Å². The Hall–Kier alpha value is -3.61. The van der Waals surface area contributed by atoms with E-state index in [9.17, 15) is 22.8 Å². The number of carbonyl (C=O) groups excluding carboxylic acids is 2. The van der Waals surface area contributed by atoms with E-state index in [2.05, 4.69) is 25.6 Å². The van der Waals surface area contributed by atoms with Gasteiger partial charge in [0.1, 0.15) is 5.75 Å². The van der Waals surface area contributed by atoms with Gasteiger partial charge in [0.2, 0.25) is 17.0 Å². The van der Waals surface area contributed by atoms with Crippen LogP contribution in [0, 0.1) is 13.8 Å². The van der Waals surface area contributed by atoms with Crippen molar-refractivity contribution in [1.82, 2.24) is 25.1 Å². The van der Waals surface area contributed by atoms with Crippen LogP contribution in [0.1, 0.15) is 11.1 Å². The van der Waals surface area contributed by atoms with E-state index < -0.39 is 6.36 Å². The van der Waals surface area contributed by atoms with E-state index in [0.717, 1.165) is 35.0 Å². The van der Waals surface area contributed by atoms with Gasteiger partial charge in [0.15, 0.2) is 0 Å². The molecule has 0 saturated carbocycles. The van der Waals surface area contributed by atoms with Crippen LogP contribution in [0.15, 0.2) is 47.6 Å². The zero-order valence-corrected chi connectivity index (χ0v) is 19.3. The molecular formula is C21H21F3N6O3S. The molecular weight excluding hydrogens is 473 g/mol. The first-order valence-corrected chi connectivity index (χ1v) is 10.9. The molecule has 0 fully saturated rings. The summed E-state index contributed by atoms with van der Waals surface area (Å²) in [4.78, 5) is 26.2. The number of aromatic nitrogens is 4. The summed E-state index contributed by atoms with van der Waals surface area (Å²) in [5.74, 6) is -1.09. The maximum Gasteiger partial charge on any atom is 0.573 e. The summed E-state index contributed by atoms with van der Waals surface area (Å²) in [6, 6.07) is 10.6. The highest BCUT2D eigenvalue weighted by Gasteiger charge is 2.31. The number of aryl methyl sites for hydroxylation is 2. The van der Waals surface area contributed by atoms with Crippen molar-refractivity contribution in [3.05, 3.63) is 53.6 Å². The number of hydrogen-bond donors (Lipinski definition) is 1. The summed E-state index contributed by atoms with van der Waals surface area (Å²) in [7, 11) is 1.51. The van der Waals surface area contributed by atoms with Crippen LogP contribution in [0.5, 0.6) is 5.75 Å². The minimum absolute atomic E-state index is 0.0528. The summed E-state index contributed by atoms with van der Waals surface area (Å²) < 4.78 is 42.1. The number of hydrogen-bond acceptors (Lipinski definition) is 7. The van der Waals surface area contributed by atoms with Gasteiger partial charge in [-0.05, 0) is 59.7 Å². The number of ether oxygens (including phenoxy) is 1. The second-order valence-corrected chi connectivity index (χ2v) is 8.21. The fourth-order valence-corrected chi connectivity index (χ4v) is 3.78. The molecule has 13 heteroatoms. The number of rotatable bonds is 8. The molecule has 0 spiro atoms. The second kappa shape index (κ2) is 10.5. The first kappa shape index (κ1) is 25.0. The molecule has 0 radical (unpaired) electrons. The maximum absolute atomic E-state index is 12.5. The molecule has 0 bridgehead atoms. The number of likely N-dealkylation sites (N-methyl/N-ethyl adjacent to an activating group) is 1. The number of nitrogens with one attached hydrogen (secondary N) is 1. The Labute approximate surface area is 197 Å². The number of halogens is 3. The quantitative estimate of drug-likeness (QED) is 0.479. The molecule has 1 N–H and O–H groups in total. The van der Waals surface area contributed by atoms with Crippen LogP contribution in [-0.2, 0) is 9.59 Å². The lowest BCUT2D eigenvalue weighted by atomic mass is 10.1. The molecule has 3 aromatic rings. The van der Waals surface area contributed by atoms with Gasteiger partial charge in [-0.15, -0.1) is 18.3 Å². The van der Waals surface area contributed by atoms with Crippen LogP contribution >= 0.6 is 11.8 Å². The minimum Gasteiger partial charge on any atom is -0.406 e. The Kier molecular flexibility index (Phi) is 7.76. The normalized spacial score (nSPS) is 11.2. The SMILES string of the molecule is Cc1cccc(C)c1NC(=O)CN(C)C(=O)CSc1nnnn1-c1ccc(OC(F)(F)F)cc1. The first-order valence-electron chi connectivity index (χ1n) is 9.91. The molecule has 2 amide bonds. The molecule has 1 aromatic heterocycles. The third-order valence-corrected chi connectivity index (χ3v) is 5.54. The minimum atomic E-state index is -4.79. The Morgan fingerprint density at radius 2 is 1.76 bits per heavy atom. The Balaban J connectivity index is 1.56. The van der Waals surface area contributed by atoms with E-state index in [0.29, 0.717) is 11.4 Å². The third kappa shape index (κ3) is 6.70. The second-order valence-electron chi connectivity index (χ2n) is 7.27. The van der Waals surface area contributed by atoms with Gasteiger partial charge in [-0.2, -0.15) is 4.68 Å². The smallest absolute Gasteiger partial charge is 0.406 e. The Morgan fingerprint density at radius 1 is 1.12 bits per heavy atom. The van der Waals surface area contributed by atoms with Crippen molar-refractivity contribution < 1.29 is 27.5 Å². The molecule has 34 heavy (non-hydrogen) atoms. The highest BCUT2D eigenvalue weighted by Crippen LogP contribution is 2.25. The Bertz CT molecular complexity index is 1150. The number of thioether (sulfide) groups is 1. The van der Waals surface area contributed by atoms with E-state index in [1.54, 1.807) is 0 Å². The Morgan fingerprint density at radius 3 is 2.38 bits per heavy atom. The average molecular weight is 494 g/mol. The van der Waals surface area contributed by atoms with Gasteiger partial charge in [0.25, 0.3) is 0 Å². The van der Waals surface area contributed by atoms with E-state index in [1.165, 1.54) is 28.8 Å². The molecule has 3 rings (SSSR count). The van der Waals surface area contributed by atoms with Crippen molar-refractivity contribution in [2.24, 2.45) is 0 Å². The van der Waals surface area contributed by atoms with E-state index in [-0.39, 0.29) is 35.0 Å². The molecule has 9 nitrogen and oxygen atoms in total. The molecule has 0 atom stereocenters. The van der Waals surface area contributed by atoms with Crippen molar-refractivity contribution in [2.75, 3.05) is 24.7 Å². The van der Waals surface area contributed by atoms with Gasteiger partial charge in [-0.1, -0.05) is 30.0 Å². The summed E-state index contributed by atoms with van der Waals surface area (Å²) >= 11 is 1.03. The van der Waals surface area contributed by atoms with Crippen molar-refractivity contribution in [2.45, 2.75) is 25.4 Å². The molecule has 0 aliphatic rings. The lowest BCUT2D eigenvalue weighted by Crippen LogP contribution is -2.36. The lowest BCUT2D eigenvalue weighted by molar-refractivity contribution is -0.274. The number of alkyl halides is 3. The predicted molar refractivity (Wildman–Crippen MR) is 119 cm³/mol. The zero-order chi connectivity index (χ0) is 24.9. The van der Waals surface area contributed by atoms with Crippen molar-refractivity contribution in [3.8, 4) is 11.4 Å². The van der Waals surface area contributed by atoms with Gasteiger partial charge >= 0.3 is 6.36 Å². The summed E-state index contributed by atoms with van der Waals surface area (Å²) in [5.41, 5.74) is 2.94. The van der Waals surface area contributed by atoms with Crippen LogP contribution < -0.4 is 10.1 Å². The number of tetrazole rings is 1. The monoisotopic (exact) mass is 494 g/mol. The standard InChI is InChI=1S/C21H21F3N6O3S/c1-13-5-4-6-14(2)19(13)25-17(31)11-29(3)18(32)12-34-20-26-27-28-30(20)15-7-9-16(10-8-15)33-21(22,23)24/h4-10H,11-12H2,1-3H3,(H,25,31). The van der Waals surface area contributed by atoms with Crippen LogP contribution in [-0.4, -0.2) is 62.6 Å².